The van der Waals surface area contributed by atoms with Gasteiger partial charge in [-0.3, -0.25) is 4.79 Å². The highest BCUT2D eigenvalue weighted by Gasteiger charge is 2.19. The van der Waals surface area contributed by atoms with Gasteiger partial charge in [0.05, 0.1) is 17.3 Å². The number of aromatic nitrogens is 4. The summed E-state index contributed by atoms with van der Waals surface area (Å²) in [6, 6.07) is 20.6. The molecule has 2 heterocycles. The summed E-state index contributed by atoms with van der Waals surface area (Å²) in [7, 11) is 1.78. The van der Waals surface area contributed by atoms with Crippen LogP contribution in [0.5, 0.6) is 11.6 Å². The van der Waals surface area contributed by atoms with Gasteiger partial charge >= 0.3 is 0 Å². The van der Waals surface area contributed by atoms with E-state index in [-0.39, 0.29) is 11.9 Å². The minimum Gasteiger partial charge on any atom is -0.439 e. The Labute approximate surface area is 174 Å². The first-order valence-corrected chi connectivity index (χ1v) is 9.53. The van der Waals surface area contributed by atoms with E-state index in [4.69, 9.17) is 4.74 Å². The molecule has 0 spiro atoms. The minimum atomic E-state index is -0.110. The highest BCUT2D eigenvalue weighted by atomic mass is 16.5. The summed E-state index contributed by atoms with van der Waals surface area (Å²) in [5.41, 5.74) is 2.44. The van der Waals surface area contributed by atoms with Crippen LogP contribution in [0.3, 0.4) is 0 Å². The number of carbonyl (C=O) groups excluding carboxylic acids is 1. The van der Waals surface area contributed by atoms with Crippen LogP contribution < -0.4 is 4.74 Å². The SMILES string of the molecule is CC(c1ccc(-n2cncn2)cc1)N(C)C(=O)c1ccc(Oc2ccccc2)nc1. The first-order valence-electron chi connectivity index (χ1n) is 9.53. The molecule has 7 heteroatoms. The van der Waals surface area contributed by atoms with Crippen molar-refractivity contribution in [1.82, 2.24) is 24.6 Å². The normalized spacial score (nSPS) is 11.7. The third-order valence-corrected chi connectivity index (χ3v) is 4.91. The Balaban J connectivity index is 1.43. The van der Waals surface area contributed by atoms with Crippen LogP contribution in [0.1, 0.15) is 28.9 Å². The molecule has 0 saturated heterocycles. The number of hydrogen-bond donors (Lipinski definition) is 0. The molecule has 1 unspecified atom stereocenters. The van der Waals surface area contributed by atoms with Crippen molar-refractivity contribution in [2.75, 3.05) is 7.05 Å². The third kappa shape index (κ3) is 4.20. The molecule has 0 aliphatic rings. The van der Waals surface area contributed by atoms with Crippen LogP contribution in [-0.4, -0.2) is 37.6 Å². The molecule has 0 saturated carbocycles. The van der Waals surface area contributed by atoms with E-state index < -0.39 is 0 Å². The van der Waals surface area contributed by atoms with E-state index in [1.807, 2.05) is 61.5 Å². The summed E-state index contributed by atoms with van der Waals surface area (Å²) in [5.74, 6) is 1.03. The van der Waals surface area contributed by atoms with Crippen LogP contribution in [0.25, 0.3) is 5.69 Å². The van der Waals surface area contributed by atoms with Crippen LogP contribution in [0.2, 0.25) is 0 Å². The molecule has 7 nitrogen and oxygen atoms in total. The standard InChI is InChI=1S/C23H21N5O2/c1-17(18-8-11-20(12-9-18)28-16-24-15-26-28)27(2)23(29)19-10-13-22(25-14-19)30-21-6-4-3-5-7-21/h3-17H,1-2H3. The maximum Gasteiger partial charge on any atom is 0.255 e. The topological polar surface area (TPSA) is 73.1 Å². The van der Waals surface area contributed by atoms with E-state index >= 15 is 0 Å². The zero-order valence-corrected chi connectivity index (χ0v) is 16.7. The fraction of sp³-hybridized carbons (Fsp3) is 0.130. The molecule has 0 fully saturated rings. The monoisotopic (exact) mass is 399 g/mol. The molecule has 4 aromatic rings. The van der Waals surface area contributed by atoms with Gasteiger partial charge in [0.2, 0.25) is 5.88 Å². The number of pyridine rings is 1. The Morgan fingerprint density at radius 3 is 2.43 bits per heavy atom. The summed E-state index contributed by atoms with van der Waals surface area (Å²) in [5, 5.41) is 4.12. The Bertz CT molecular complexity index is 1090. The molecule has 0 radical (unpaired) electrons. The molecule has 0 aliphatic carbocycles. The summed E-state index contributed by atoms with van der Waals surface area (Å²) >= 11 is 0. The fourth-order valence-electron chi connectivity index (χ4n) is 3.03. The molecule has 2 aromatic carbocycles. The second-order valence-corrected chi connectivity index (χ2v) is 6.82. The molecule has 1 amide bonds. The Hall–Kier alpha value is -4.00. The molecule has 2 aromatic heterocycles. The van der Waals surface area contributed by atoms with Gasteiger partial charge in [-0.1, -0.05) is 30.3 Å². The zero-order chi connectivity index (χ0) is 20.9. The lowest BCUT2D eigenvalue weighted by atomic mass is 10.1. The van der Waals surface area contributed by atoms with Crippen LogP contribution in [0, 0.1) is 0 Å². The number of benzene rings is 2. The third-order valence-electron chi connectivity index (χ3n) is 4.91. The summed E-state index contributed by atoms with van der Waals surface area (Å²) in [6.45, 7) is 1.99. The average molecular weight is 399 g/mol. The average Bonchev–Trinajstić information content (AvgIpc) is 3.34. The Kier molecular flexibility index (Phi) is 5.52. The quantitative estimate of drug-likeness (QED) is 0.484. The largest absolute Gasteiger partial charge is 0.439 e. The number of para-hydroxylation sites is 1. The van der Waals surface area contributed by atoms with Gasteiger partial charge in [-0.25, -0.2) is 14.6 Å². The molecule has 0 N–H and O–H groups in total. The summed E-state index contributed by atoms with van der Waals surface area (Å²) in [4.78, 5) is 22.8. The molecule has 30 heavy (non-hydrogen) atoms. The molecule has 1 atom stereocenters. The molecular weight excluding hydrogens is 378 g/mol. The predicted molar refractivity (Wildman–Crippen MR) is 113 cm³/mol. The number of hydrogen-bond acceptors (Lipinski definition) is 5. The van der Waals surface area contributed by atoms with Crippen molar-refractivity contribution in [3.8, 4) is 17.3 Å². The van der Waals surface area contributed by atoms with Crippen LogP contribution >= 0.6 is 0 Å². The van der Waals surface area contributed by atoms with Gasteiger partial charge in [0, 0.05) is 19.3 Å². The van der Waals surface area contributed by atoms with E-state index in [1.54, 1.807) is 35.1 Å². The summed E-state index contributed by atoms with van der Waals surface area (Å²) < 4.78 is 7.37. The second-order valence-electron chi connectivity index (χ2n) is 6.82. The Morgan fingerprint density at radius 2 is 1.80 bits per heavy atom. The zero-order valence-electron chi connectivity index (χ0n) is 16.7. The van der Waals surface area contributed by atoms with Crippen LogP contribution in [0.15, 0.2) is 85.6 Å². The van der Waals surface area contributed by atoms with Crippen molar-refractivity contribution in [3.63, 3.8) is 0 Å². The number of nitrogens with zero attached hydrogens (tertiary/aromatic N) is 5. The maximum absolute atomic E-state index is 12.9. The highest BCUT2D eigenvalue weighted by Crippen LogP contribution is 2.23. The van der Waals surface area contributed by atoms with Crippen molar-refractivity contribution in [2.45, 2.75) is 13.0 Å². The minimum absolute atomic E-state index is 0.109. The van der Waals surface area contributed by atoms with Crippen molar-refractivity contribution in [3.05, 3.63) is 96.7 Å². The number of amides is 1. The van der Waals surface area contributed by atoms with Crippen molar-refractivity contribution < 1.29 is 9.53 Å². The number of carbonyl (C=O) groups is 1. The molecule has 4 rings (SSSR count). The van der Waals surface area contributed by atoms with Crippen molar-refractivity contribution >= 4 is 5.91 Å². The lowest BCUT2D eigenvalue weighted by molar-refractivity contribution is 0.0742. The van der Waals surface area contributed by atoms with Crippen LogP contribution in [-0.2, 0) is 0 Å². The van der Waals surface area contributed by atoms with Crippen molar-refractivity contribution in [2.24, 2.45) is 0 Å². The predicted octanol–water partition coefficient (Wildman–Crippen LogP) is 4.29. The van der Waals surface area contributed by atoms with Gasteiger partial charge < -0.3 is 9.64 Å². The lowest BCUT2D eigenvalue weighted by Gasteiger charge is -2.25. The molecule has 0 aliphatic heterocycles. The second kappa shape index (κ2) is 8.57. The summed E-state index contributed by atoms with van der Waals surface area (Å²) in [6.07, 6.45) is 4.68. The van der Waals surface area contributed by atoms with Gasteiger partial charge in [-0.05, 0) is 42.8 Å². The lowest BCUT2D eigenvalue weighted by Crippen LogP contribution is -2.29. The Morgan fingerprint density at radius 1 is 1.03 bits per heavy atom. The first-order chi connectivity index (χ1) is 14.6. The van der Waals surface area contributed by atoms with Crippen molar-refractivity contribution in [1.29, 1.82) is 0 Å². The number of ether oxygens (including phenoxy) is 1. The van der Waals surface area contributed by atoms with Gasteiger partial charge in [0.1, 0.15) is 18.4 Å². The van der Waals surface area contributed by atoms with Gasteiger partial charge in [0.15, 0.2) is 0 Å². The highest BCUT2D eigenvalue weighted by molar-refractivity contribution is 5.94. The van der Waals surface area contributed by atoms with Gasteiger partial charge in [0.25, 0.3) is 5.91 Å². The van der Waals surface area contributed by atoms with E-state index in [0.717, 1.165) is 11.3 Å². The van der Waals surface area contributed by atoms with E-state index in [9.17, 15) is 4.79 Å². The van der Waals surface area contributed by atoms with Gasteiger partial charge in [-0.2, -0.15) is 5.10 Å². The molecular formula is C23H21N5O2. The van der Waals surface area contributed by atoms with E-state index in [1.165, 1.54) is 12.5 Å². The fourth-order valence-corrected chi connectivity index (χ4v) is 3.03. The van der Waals surface area contributed by atoms with E-state index in [2.05, 4.69) is 15.1 Å². The van der Waals surface area contributed by atoms with Gasteiger partial charge in [-0.15, -0.1) is 0 Å². The smallest absolute Gasteiger partial charge is 0.255 e. The molecule has 0 bridgehead atoms. The first kappa shape index (κ1) is 19.3. The molecule has 150 valence electrons. The van der Waals surface area contributed by atoms with E-state index in [0.29, 0.717) is 17.2 Å². The van der Waals surface area contributed by atoms with Crippen LogP contribution in [0.4, 0.5) is 0 Å². The maximum atomic E-state index is 12.9. The number of rotatable bonds is 6.